The number of aliphatic imine (C=N–C) groups is 1. The molecule has 5 nitrogen and oxygen atoms in total. The van der Waals surface area contributed by atoms with Crippen LogP contribution in [-0.2, 0) is 11.2 Å². The van der Waals surface area contributed by atoms with Gasteiger partial charge in [0.2, 0.25) is 0 Å². The fourth-order valence-electron chi connectivity index (χ4n) is 3.83. The number of aryl methyl sites for hydroxylation is 1. The van der Waals surface area contributed by atoms with Crippen molar-refractivity contribution in [1.29, 1.82) is 0 Å². The van der Waals surface area contributed by atoms with Crippen molar-refractivity contribution in [2.24, 2.45) is 4.99 Å². The van der Waals surface area contributed by atoms with Crippen molar-refractivity contribution >= 4 is 16.9 Å². The summed E-state index contributed by atoms with van der Waals surface area (Å²) in [6.45, 7) is 10.9. The van der Waals surface area contributed by atoms with Gasteiger partial charge in [-0.15, -0.1) is 0 Å². The van der Waals surface area contributed by atoms with Gasteiger partial charge in [0.05, 0.1) is 6.10 Å². The minimum atomic E-state index is 0.410. The Hall–Kier alpha value is -2.01. The molecule has 0 unspecified atom stereocenters. The predicted octanol–water partition coefficient (Wildman–Crippen LogP) is 3.49. The number of likely N-dealkylation sites (tertiary alicyclic amines) is 1. The maximum Gasteiger partial charge on any atom is 0.193 e. The summed E-state index contributed by atoms with van der Waals surface area (Å²) in [5.74, 6) is 1.04. The van der Waals surface area contributed by atoms with Crippen molar-refractivity contribution < 1.29 is 4.74 Å². The number of rotatable bonds is 6. The van der Waals surface area contributed by atoms with Gasteiger partial charge in [0.25, 0.3) is 0 Å². The van der Waals surface area contributed by atoms with E-state index in [9.17, 15) is 0 Å². The van der Waals surface area contributed by atoms with E-state index in [2.05, 4.69) is 60.2 Å². The van der Waals surface area contributed by atoms with Gasteiger partial charge in [0.1, 0.15) is 0 Å². The molecule has 1 aromatic heterocycles. The molecule has 2 heterocycles. The van der Waals surface area contributed by atoms with Gasteiger partial charge in [0.15, 0.2) is 5.96 Å². The van der Waals surface area contributed by atoms with Gasteiger partial charge in [-0.2, -0.15) is 0 Å². The molecule has 0 radical (unpaired) electrons. The molecule has 0 atom stereocenters. The lowest BCUT2D eigenvalue weighted by Crippen LogP contribution is -2.47. The Bertz CT molecular complexity index is 729. The quantitative estimate of drug-likeness (QED) is 0.615. The number of fused-ring (bicyclic) bond motifs is 1. The van der Waals surface area contributed by atoms with Crippen LogP contribution in [0.15, 0.2) is 29.3 Å². The Morgan fingerprint density at radius 3 is 2.77 bits per heavy atom. The van der Waals surface area contributed by atoms with Gasteiger partial charge in [-0.1, -0.05) is 18.2 Å². The maximum absolute atomic E-state index is 5.76. The fourth-order valence-corrected chi connectivity index (χ4v) is 3.83. The number of nitrogens with one attached hydrogen (secondary N) is 2. The third-order valence-electron chi connectivity index (χ3n) is 5.13. The van der Waals surface area contributed by atoms with E-state index in [0.29, 0.717) is 6.10 Å². The van der Waals surface area contributed by atoms with Gasteiger partial charge < -0.3 is 19.9 Å². The van der Waals surface area contributed by atoms with Gasteiger partial charge >= 0.3 is 0 Å². The first-order valence-corrected chi connectivity index (χ1v) is 9.94. The molecule has 0 saturated carbocycles. The zero-order valence-corrected chi connectivity index (χ0v) is 16.3. The Labute approximate surface area is 156 Å². The van der Waals surface area contributed by atoms with Crippen molar-refractivity contribution in [3.8, 4) is 0 Å². The van der Waals surface area contributed by atoms with Crippen molar-refractivity contribution in [2.75, 3.05) is 32.8 Å². The van der Waals surface area contributed by atoms with Crippen LogP contribution in [0.5, 0.6) is 0 Å². The lowest BCUT2D eigenvalue weighted by Gasteiger charge is -2.34. The third-order valence-corrected chi connectivity index (χ3v) is 5.13. The molecule has 0 bridgehead atoms. The maximum atomic E-state index is 5.76. The van der Waals surface area contributed by atoms with E-state index in [0.717, 1.165) is 58.0 Å². The summed E-state index contributed by atoms with van der Waals surface area (Å²) in [5, 5.41) is 4.78. The zero-order chi connectivity index (χ0) is 18.4. The number of para-hydroxylation sites is 1. The van der Waals surface area contributed by atoms with Crippen molar-refractivity contribution in [3.05, 3.63) is 35.5 Å². The van der Waals surface area contributed by atoms with Crippen LogP contribution in [0.2, 0.25) is 0 Å². The summed E-state index contributed by atoms with van der Waals surface area (Å²) < 4.78 is 5.76. The average molecular weight is 357 g/mol. The first-order valence-electron chi connectivity index (χ1n) is 9.94. The number of aromatic nitrogens is 1. The van der Waals surface area contributed by atoms with Crippen LogP contribution in [0.25, 0.3) is 10.9 Å². The second kappa shape index (κ2) is 9.08. The van der Waals surface area contributed by atoms with E-state index in [4.69, 9.17) is 9.73 Å². The Kier molecular flexibility index (Phi) is 6.56. The fraction of sp³-hybridized carbons (Fsp3) is 0.571. The van der Waals surface area contributed by atoms with E-state index in [1.807, 2.05) is 0 Å². The molecule has 142 valence electrons. The highest BCUT2D eigenvalue weighted by atomic mass is 16.5. The van der Waals surface area contributed by atoms with E-state index in [1.54, 1.807) is 0 Å². The highest BCUT2D eigenvalue weighted by Crippen LogP contribution is 2.22. The van der Waals surface area contributed by atoms with Gasteiger partial charge in [-0.05, 0) is 51.7 Å². The van der Waals surface area contributed by atoms with Crippen molar-refractivity contribution in [1.82, 2.24) is 15.2 Å². The first kappa shape index (κ1) is 18.8. The van der Waals surface area contributed by atoms with E-state index in [1.165, 1.54) is 22.2 Å². The standard InChI is InChI=1S/C21H32N4O/c1-4-22-21(25-14-11-17(12-15-25)26-5-2)23-13-10-18-16(3)24-20-9-7-6-8-19(18)20/h6-9,17,24H,4-5,10-15H2,1-3H3,(H,22,23). The molecule has 2 N–H and O–H groups in total. The largest absolute Gasteiger partial charge is 0.378 e. The van der Waals surface area contributed by atoms with Crippen LogP contribution in [0.3, 0.4) is 0 Å². The smallest absolute Gasteiger partial charge is 0.193 e. The van der Waals surface area contributed by atoms with Crippen LogP contribution in [0, 0.1) is 6.92 Å². The number of nitrogens with zero attached hydrogens (tertiary/aromatic N) is 2. The minimum Gasteiger partial charge on any atom is -0.378 e. The molecular weight excluding hydrogens is 324 g/mol. The average Bonchev–Trinajstić information content (AvgIpc) is 2.97. The number of ether oxygens (including phenoxy) is 1. The topological polar surface area (TPSA) is 52.7 Å². The summed E-state index contributed by atoms with van der Waals surface area (Å²) in [7, 11) is 0. The molecule has 2 aromatic rings. The monoisotopic (exact) mass is 356 g/mol. The third kappa shape index (κ3) is 4.39. The number of hydrogen-bond donors (Lipinski definition) is 2. The summed E-state index contributed by atoms with van der Waals surface area (Å²) in [6.07, 6.45) is 3.53. The summed E-state index contributed by atoms with van der Waals surface area (Å²) in [6, 6.07) is 8.52. The van der Waals surface area contributed by atoms with E-state index >= 15 is 0 Å². The molecule has 0 aliphatic carbocycles. The summed E-state index contributed by atoms with van der Waals surface area (Å²) >= 11 is 0. The molecule has 1 saturated heterocycles. The Morgan fingerprint density at radius 1 is 1.27 bits per heavy atom. The molecule has 3 rings (SSSR count). The molecule has 26 heavy (non-hydrogen) atoms. The molecule has 0 amide bonds. The molecule has 1 aliphatic rings. The Balaban J connectivity index is 1.63. The van der Waals surface area contributed by atoms with E-state index in [-0.39, 0.29) is 0 Å². The van der Waals surface area contributed by atoms with Gasteiger partial charge in [0, 0.05) is 49.4 Å². The highest BCUT2D eigenvalue weighted by Gasteiger charge is 2.21. The van der Waals surface area contributed by atoms with Crippen LogP contribution < -0.4 is 5.32 Å². The van der Waals surface area contributed by atoms with Crippen LogP contribution >= 0.6 is 0 Å². The van der Waals surface area contributed by atoms with Crippen LogP contribution in [0.4, 0.5) is 0 Å². The number of aromatic amines is 1. The second-order valence-electron chi connectivity index (χ2n) is 6.90. The minimum absolute atomic E-state index is 0.410. The number of hydrogen-bond acceptors (Lipinski definition) is 2. The normalized spacial score (nSPS) is 16.4. The van der Waals surface area contributed by atoms with E-state index < -0.39 is 0 Å². The molecule has 1 fully saturated rings. The van der Waals surface area contributed by atoms with Gasteiger partial charge in [-0.25, -0.2) is 0 Å². The molecule has 0 spiro atoms. The molecule has 1 aliphatic heterocycles. The zero-order valence-electron chi connectivity index (χ0n) is 16.3. The number of benzene rings is 1. The highest BCUT2D eigenvalue weighted by molar-refractivity contribution is 5.84. The van der Waals surface area contributed by atoms with Crippen LogP contribution in [-0.4, -0.2) is 54.7 Å². The lowest BCUT2D eigenvalue weighted by atomic mass is 10.1. The molecular formula is C21H32N4O. The Morgan fingerprint density at radius 2 is 2.04 bits per heavy atom. The number of H-pyrrole nitrogens is 1. The predicted molar refractivity (Wildman–Crippen MR) is 109 cm³/mol. The SMILES string of the molecule is CCNC(=NCCc1c(C)[nH]c2ccccc12)N1CCC(OCC)CC1. The molecule has 5 heteroatoms. The number of piperidine rings is 1. The molecule has 1 aromatic carbocycles. The summed E-state index contributed by atoms with van der Waals surface area (Å²) in [4.78, 5) is 10.8. The lowest BCUT2D eigenvalue weighted by molar-refractivity contribution is 0.0264. The van der Waals surface area contributed by atoms with Crippen molar-refractivity contribution in [3.63, 3.8) is 0 Å². The number of guanidine groups is 1. The van der Waals surface area contributed by atoms with Crippen molar-refractivity contribution in [2.45, 2.75) is 46.1 Å². The van der Waals surface area contributed by atoms with Crippen LogP contribution in [0.1, 0.15) is 37.9 Å². The van der Waals surface area contributed by atoms with Gasteiger partial charge in [-0.3, -0.25) is 4.99 Å². The summed E-state index contributed by atoms with van der Waals surface area (Å²) in [5.41, 5.74) is 3.85. The second-order valence-corrected chi connectivity index (χ2v) is 6.90. The first-order chi connectivity index (χ1) is 12.7.